The second-order valence-corrected chi connectivity index (χ2v) is 14.6. The SMILES string of the molecule is C.CCc1cccc(-c2cnc(C(=O)N(C)CCOCCN(C)CC(=O)N3CCN(C(=O)c4cc(Cc5n[nH]c(=O)c6ccccc56)ccc4F)CC3)c(NC(C)=O)c2)c1. The van der Waals surface area contributed by atoms with Crippen molar-refractivity contribution < 1.29 is 28.3 Å². The molecule has 2 aromatic heterocycles. The molecule has 2 N–H and O–H groups in total. The highest BCUT2D eigenvalue weighted by molar-refractivity contribution is 6.02. The Morgan fingerprint density at radius 3 is 2.32 bits per heavy atom. The number of pyridine rings is 1. The highest BCUT2D eigenvalue weighted by atomic mass is 19.1. The van der Waals surface area contributed by atoms with E-state index < -0.39 is 11.7 Å². The fourth-order valence-electron chi connectivity index (χ4n) is 6.94. The van der Waals surface area contributed by atoms with E-state index in [1.165, 1.54) is 29.5 Å². The largest absolute Gasteiger partial charge is 0.378 e. The monoisotopic (exact) mass is 820 g/mol. The summed E-state index contributed by atoms with van der Waals surface area (Å²) >= 11 is 0. The van der Waals surface area contributed by atoms with Crippen LogP contribution in [-0.4, -0.2) is 132 Å². The lowest BCUT2D eigenvalue weighted by atomic mass is 10.0. The first-order chi connectivity index (χ1) is 28.4. The Bertz CT molecular complexity index is 2400. The predicted molar refractivity (Wildman–Crippen MR) is 229 cm³/mol. The lowest BCUT2D eigenvalue weighted by molar-refractivity contribution is -0.133. The summed E-state index contributed by atoms with van der Waals surface area (Å²) < 4.78 is 20.8. The van der Waals surface area contributed by atoms with E-state index in [1.54, 1.807) is 53.4 Å². The van der Waals surface area contributed by atoms with Gasteiger partial charge in [-0.15, -0.1) is 0 Å². The first-order valence-corrected chi connectivity index (χ1v) is 19.6. The van der Waals surface area contributed by atoms with Gasteiger partial charge in [0.25, 0.3) is 17.4 Å². The van der Waals surface area contributed by atoms with E-state index in [0.717, 1.165) is 17.5 Å². The average molecular weight is 821 g/mol. The first-order valence-electron chi connectivity index (χ1n) is 19.6. The fraction of sp³-hybridized carbons (Fsp3) is 0.356. The molecule has 14 nitrogen and oxygen atoms in total. The van der Waals surface area contributed by atoms with Gasteiger partial charge in [0.15, 0.2) is 5.69 Å². The van der Waals surface area contributed by atoms with Crippen LogP contribution in [0.25, 0.3) is 21.9 Å². The Morgan fingerprint density at radius 2 is 1.58 bits per heavy atom. The molecule has 15 heteroatoms. The summed E-state index contributed by atoms with van der Waals surface area (Å²) in [5, 5.41) is 10.7. The molecule has 6 rings (SSSR count). The minimum absolute atomic E-state index is 0. The Labute approximate surface area is 349 Å². The Hall–Kier alpha value is -6.32. The molecule has 0 spiro atoms. The molecule has 0 saturated carbocycles. The number of nitrogens with zero attached hydrogens (tertiary/aromatic N) is 6. The van der Waals surface area contributed by atoms with E-state index in [0.29, 0.717) is 60.4 Å². The highest BCUT2D eigenvalue weighted by Crippen LogP contribution is 2.26. The number of ether oxygens (including phenoxy) is 1. The molecule has 0 aliphatic carbocycles. The van der Waals surface area contributed by atoms with Crippen molar-refractivity contribution >= 4 is 40.1 Å². The zero-order valence-corrected chi connectivity index (χ0v) is 33.8. The second-order valence-electron chi connectivity index (χ2n) is 14.6. The quantitative estimate of drug-likeness (QED) is 0.140. The van der Waals surface area contributed by atoms with Crippen LogP contribution in [0.4, 0.5) is 10.1 Å². The van der Waals surface area contributed by atoms with Crippen LogP contribution in [0.1, 0.15) is 58.9 Å². The molecular formula is C45H53FN8O6. The molecule has 1 fully saturated rings. The van der Waals surface area contributed by atoms with Crippen molar-refractivity contribution in [1.29, 1.82) is 0 Å². The second kappa shape index (κ2) is 20.6. The number of carbonyl (C=O) groups excluding carboxylic acids is 4. The van der Waals surface area contributed by atoms with Gasteiger partial charge < -0.3 is 24.8 Å². The number of anilines is 1. The van der Waals surface area contributed by atoms with Crippen LogP contribution in [0, 0.1) is 5.82 Å². The summed E-state index contributed by atoms with van der Waals surface area (Å²) in [6.07, 6.45) is 2.80. The number of halogens is 1. The van der Waals surface area contributed by atoms with E-state index in [2.05, 4.69) is 33.5 Å². The van der Waals surface area contributed by atoms with Crippen molar-refractivity contribution in [3.05, 3.63) is 123 Å². The minimum atomic E-state index is -0.633. The Morgan fingerprint density at radius 1 is 0.867 bits per heavy atom. The van der Waals surface area contributed by atoms with Gasteiger partial charge in [0.2, 0.25) is 11.8 Å². The number of aryl methyl sites for hydroxylation is 1. The van der Waals surface area contributed by atoms with Gasteiger partial charge in [0, 0.05) is 76.8 Å². The van der Waals surface area contributed by atoms with Crippen LogP contribution < -0.4 is 10.9 Å². The number of fused-ring (bicyclic) bond motifs is 1. The lowest BCUT2D eigenvalue weighted by Crippen LogP contribution is -2.52. The van der Waals surface area contributed by atoms with Gasteiger partial charge in [0.05, 0.1) is 42.1 Å². The third-order valence-corrected chi connectivity index (χ3v) is 10.3. The summed E-state index contributed by atoms with van der Waals surface area (Å²) in [7, 11) is 3.46. The highest BCUT2D eigenvalue weighted by Gasteiger charge is 2.27. The van der Waals surface area contributed by atoms with Gasteiger partial charge in [-0.3, -0.25) is 28.9 Å². The zero-order chi connectivity index (χ0) is 42.1. The number of nitrogens with one attached hydrogen (secondary N) is 2. The van der Waals surface area contributed by atoms with E-state index >= 15 is 0 Å². The van der Waals surface area contributed by atoms with Gasteiger partial charge in [-0.2, -0.15) is 5.10 Å². The topological polar surface area (TPSA) is 161 Å². The number of H-pyrrole nitrogens is 1. The molecule has 0 bridgehead atoms. The van der Waals surface area contributed by atoms with Crippen LogP contribution in [0.15, 0.2) is 83.8 Å². The first kappa shape index (κ1) is 44.8. The molecule has 0 unspecified atom stereocenters. The molecule has 5 aromatic rings. The molecule has 3 heterocycles. The number of benzene rings is 3. The van der Waals surface area contributed by atoms with Crippen molar-refractivity contribution in [1.82, 2.24) is 34.8 Å². The van der Waals surface area contributed by atoms with Crippen molar-refractivity contribution in [3.63, 3.8) is 0 Å². The van der Waals surface area contributed by atoms with Crippen LogP contribution in [0.5, 0.6) is 0 Å². The van der Waals surface area contributed by atoms with Gasteiger partial charge in [-0.1, -0.05) is 62.9 Å². The number of carbonyl (C=O) groups is 4. The summed E-state index contributed by atoms with van der Waals surface area (Å²) in [6, 6.07) is 21.3. The van der Waals surface area contributed by atoms with Gasteiger partial charge in [-0.05, 0) is 54.4 Å². The maximum atomic E-state index is 15.0. The Balaban J connectivity index is 0.00000683. The summed E-state index contributed by atoms with van der Waals surface area (Å²) in [6.45, 7) is 6.09. The van der Waals surface area contributed by atoms with Gasteiger partial charge >= 0.3 is 0 Å². The third kappa shape index (κ3) is 11.0. The van der Waals surface area contributed by atoms with Crippen LogP contribution in [0.2, 0.25) is 0 Å². The molecule has 0 radical (unpaired) electrons. The smallest absolute Gasteiger partial charge is 0.274 e. The minimum Gasteiger partial charge on any atom is -0.378 e. The summed E-state index contributed by atoms with van der Waals surface area (Å²) in [5.74, 6) is -1.85. The van der Waals surface area contributed by atoms with Crippen molar-refractivity contribution in [2.45, 2.75) is 34.1 Å². The van der Waals surface area contributed by atoms with Crippen molar-refractivity contribution in [2.24, 2.45) is 0 Å². The van der Waals surface area contributed by atoms with Crippen LogP contribution >= 0.6 is 0 Å². The molecule has 1 saturated heterocycles. The third-order valence-electron chi connectivity index (χ3n) is 10.3. The van der Waals surface area contributed by atoms with E-state index in [4.69, 9.17) is 4.74 Å². The van der Waals surface area contributed by atoms with Gasteiger partial charge in [0.1, 0.15) is 5.82 Å². The molecule has 0 atom stereocenters. The molecular weight excluding hydrogens is 768 g/mol. The maximum absolute atomic E-state index is 15.0. The van der Waals surface area contributed by atoms with Crippen LogP contribution in [-0.2, 0) is 27.2 Å². The molecule has 1 aliphatic rings. The molecule has 3 aromatic carbocycles. The van der Waals surface area contributed by atoms with Crippen molar-refractivity contribution in [2.75, 3.05) is 78.4 Å². The number of rotatable bonds is 15. The number of hydrogen-bond donors (Lipinski definition) is 2. The maximum Gasteiger partial charge on any atom is 0.274 e. The standard InChI is InChI=1S/C44H49FN8O6.CH4/c1-5-30-9-8-10-32(23-30)33-26-39(47-29(2)54)41(46-27-33)44(58)51(4)20-22-59-21-19-50(3)28-40(55)52-15-17-53(18-16-52)43(57)36-24-31(13-14-37(36)45)25-38-34-11-6-7-12-35(34)42(56)49-48-38;/h6-14,23-24,26-27H,5,15-22,25,28H2,1-4H3,(H,47,54)(H,49,56);1H4. The Kier molecular flexibility index (Phi) is 15.4. The van der Waals surface area contributed by atoms with E-state index in [9.17, 15) is 28.4 Å². The van der Waals surface area contributed by atoms with E-state index in [-0.39, 0.29) is 74.8 Å². The lowest BCUT2D eigenvalue weighted by Gasteiger charge is -2.35. The van der Waals surface area contributed by atoms with Crippen molar-refractivity contribution in [3.8, 4) is 11.1 Å². The number of aromatic amines is 1. The van der Waals surface area contributed by atoms with Gasteiger partial charge in [-0.25, -0.2) is 14.5 Å². The number of hydrogen-bond acceptors (Lipinski definition) is 9. The molecule has 4 amide bonds. The predicted octanol–water partition coefficient (Wildman–Crippen LogP) is 4.88. The average Bonchev–Trinajstić information content (AvgIpc) is 3.24. The molecule has 60 heavy (non-hydrogen) atoms. The number of likely N-dealkylation sites (N-methyl/N-ethyl adjacent to an activating group) is 2. The normalized spacial score (nSPS) is 12.6. The zero-order valence-electron chi connectivity index (χ0n) is 33.8. The number of aromatic nitrogens is 3. The molecule has 316 valence electrons. The molecule has 1 aliphatic heterocycles. The van der Waals surface area contributed by atoms with Crippen LogP contribution in [0.3, 0.4) is 0 Å². The summed E-state index contributed by atoms with van der Waals surface area (Å²) in [4.78, 5) is 75.2. The number of piperazine rings is 1. The van der Waals surface area contributed by atoms with E-state index in [1.807, 2.05) is 36.2 Å². The summed E-state index contributed by atoms with van der Waals surface area (Å²) in [5.41, 5.74) is 4.29. The fourth-order valence-corrected chi connectivity index (χ4v) is 6.94. The number of amides is 4.